The number of nitrogens with one attached hydrogen (secondary N) is 1. The van der Waals surface area contributed by atoms with Crippen molar-refractivity contribution in [2.75, 3.05) is 13.1 Å². The van der Waals surface area contributed by atoms with E-state index in [0.717, 1.165) is 49.6 Å². The third-order valence-corrected chi connectivity index (χ3v) is 10.5. The van der Waals surface area contributed by atoms with Gasteiger partial charge in [-0.2, -0.15) is 0 Å². The minimum absolute atomic E-state index is 0.181. The van der Waals surface area contributed by atoms with Gasteiger partial charge in [0, 0.05) is 18.4 Å². The maximum Gasteiger partial charge on any atom is 0.141 e. The van der Waals surface area contributed by atoms with Gasteiger partial charge in [-0.25, -0.2) is 0 Å². The summed E-state index contributed by atoms with van der Waals surface area (Å²) in [5.74, 6) is 3.73. The molecular formula is C25H42N2O. The van der Waals surface area contributed by atoms with Crippen LogP contribution in [-0.4, -0.2) is 24.9 Å². The van der Waals surface area contributed by atoms with Gasteiger partial charge in [0.05, 0.1) is 5.71 Å². The zero-order valence-electron chi connectivity index (χ0n) is 18.7. The van der Waals surface area contributed by atoms with Gasteiger partial charge >= 0.3 is 0 Å². The minimum atomic E-state index is 0.181. The Kier molecular flexibility index (Phi) is 4.66. The fourth-order valence-electron chi connectivity index (χ4n) is 8.92. The first-order valence-electron chi connectivity index (χ1n) is 12.3. The molecule has 0 bridgehead atoms. The molecule has 158 valence electrons. The van der Waals surface area contributed by atoms with Gasteiger partial charge in [-0.15, -0.1) is 0 Å². The second-order valence-corrected chi connectivity index (χ2v) is 12.1. The van der Waals surface area contributed by atoms with Gasteiger partial charge in [-0.05, 0) is 92.4 Å². The lowest BCUT2D eigenvalue weighted by atomic mass is 9.41. The van der Waals surface area contributed by atoms with Crippen LogP contribution in [0.4, 0.5) is 0 Å². The van der Waals surface area contributed by atoms with E-state index in [4.69, 9.17) is 9.99 Å². The molecule has 1 N–H and O–H groups in total. The first-order valence-corrected chi connectivity index (χ1v) is 12.3. The number of rotatable bonds is 2. The van der Waals surface area contributed by atoms with Crippen LogP contribution in [0.2, 0.25) is 0 Å². The summed E-state index contributed by atoms with van der Waals surface area (Å²) < 4.78 is 0. The Bertz CT molecular complexity index is 636. The fraction of sp³-hybridized carbons (Fsp3) is 0.960. The summed E-state index contributed by atoms with van der Waals surface area (Å²) in [6.07, 6.45) is 14.2. The first-order chi connectivity index (χ1) is 13.3. The van der Waals surface area contributed by atoms with Crippen LogP contribution in [0.1, 0.15) is 91.9 Å². The number of hydrogen-bond acceptors (Lipinski definition) is 3. The molecule has 28 heavy (non-hydrogen) atoms. The Labute approximate surface area is 172 Å². The SMILES string of the molecule is CC1(C)/C(=N/O[C@@H]2CCNC2)CC[C@@]2(C)C1CC[C@H]1[C@@H]3CCC[C@@]3(C)CC[C@@H]12. The van der Waals surface area contributed by atoms with E-state index < -0.39 is 0 Å². The zero-order valence-corrected chi connectivity index (χ0v) is 18.7. The molecule has 3 heteroatoms. The van der Waals surface area contributed by atoms with Crippen molar-refractivity contribution in [3.63, 3.8) is 0 Å². The number of nitrogens with zero attached hydrogens (tertiary/aromatic N) is 1. The predicted octanol–water partition coefficient (Wildman–Crippen LogP) is 5.79. The average molecular weight is 387 g/mol. The lowest BCUT2D eigenvalue weighted by Crippen LogP contribution is -2.58. The molecule has 1 saturated heterocycles. The number of oxime groups is 1. The second kappa shape index (κ2) is 6.72. The van der Waals surface area contributed by atoms with Crippen LogP contribution >= 0.6 is 0 Å². The maximum absolute atomic E-state index is 5.99. The van der Waals surface area contributed by atoms with Crippen molar-refractivity contribution < 1.29 is 4.84 Å². The van der Waals surface area contributed by atoms with Crippen molar-refractivity contribution in [3.8, 4) is 0 Å². The highest BCUT2D eigenvalue weighted by atomic mass is 16.6. The van der Waals surface area contributed by atoms with Crippen LogP contribution in [0.5, 0.6) is 0 Å². The van der Waals surface area contributed by atoms with Gasteiger partial charge in [0.25, 0.3) is 0 Å². The van der Waals surface area contributed by atoms with E-state index in [2.05, 4.69) is 33.0 Å². The van der Waals surface area contributed by atoms with Crippen molar-refractivity contribution in [2.24, 2.45) is 45.1 Å². The van der Waals surface area contributed by atoms with Crippen LogP contribution in [-0.2, 0) is 4.84 Å². The standard InChI is InChI=1S/C25H42N2O/c1-23(2)21-8-7-18-19-6-5-12-24(19,3)13-9-20(18)25(21,4)14-10-22(23)27-28-17-11-15-26-16-17/h17-21,26H,5-16H2,1-4H3/b27-22+/t17-,18+,19+,20+,21?,24+,25-/m1/s1. The van der Waals surface area contributed by atoms with Gasteiger partial charge in [-0.1, -0.05) is 39.3 Å². The number of hydrogen-bond donors (Lipinski definition) is 1. The first kappa shape index (κ1) is 19.4. The molecule has 1 unspecified atom stereocenters. The summed E-state index contributed by atoms with van der Waals surface area (Å²) in [7, 11) is 0. The molecule has 1 heterocycles. The second-order valence-electron chi connectivity index (χ2n) is 12.1. The Hall–Kier alpha value is -0.570. The van der Waals surface area contributed by atoms with Gasteiger partial charge in [0.1, 0.15) is 6.10 Å². The lowest BCUT2D eigenvalue weighted by Gasteiger charge is -2.63. The van der Waals surface area contributed by atoms with E-state index in [0.29, 0.717) is 10.8 Å². The van der Waals surface area contributed by atoms with Crippen LogP contribution in [0, 0.1) is 39.9 Å². The number of fused-ring (bicyclic) bond motifs is 5. The van der Waals surface area contributed by atoms with E-state index in [-0.39, 0.29) is 11.5 Å². The maximum atomic E-state index is 5.99. The van der Waals surface area contributed by atoms with E-state index in [9.17, 15) is 0 Å². The highest BCUT2D eigenvalue weighted by molar-refractivity contribution is 5.90. The normalized spacial score (nSPS) is 51.4. The van der Waals surface area contributed by atoms with Gasteiger partial charge in [-0.3, -0.25) is 0 Å². The average Bonchev–Trinajstić information content (AvgIpc) is 3.29. The van der Waals surface area contributed by atoms with Crippen LogP contribution in [0.25, 0.3) is 0 Å². The molecule has 5 fully saturated rings. The molecule has 4 aliphatic carbocycles. The topological polar surface area (TPSA) is 33.6 Å². The van der Waals surface area contributed by atoms with E-state index >= 15 is 0 Å². The Morgan fingerprint density at radius 2 is 1.79 bits per heavy atom. The Balaban J connectivity index is 1.38. The van der Waals surface area contributed by atoms with E-state index in [1.165, 1.54) is 57.1 Å². The largest absolute Gasteiger partial charge is 0.391 e. The summed E-state index contributed by atoms with van der Waals surface area (Å²) in [5, 5.41) is 8.18. The molecule has 0 aromatic heterocycles. The van der Waals surface area contributed by atoms with Crippen molar-refractivity contribution >= 4 is 5.71 Å². The van der Waals surface area contributed by atoms with E-state index in [1.54, 1.807) is 0 Å². The highest BCUT2D eigenvalue weighted by Crippen LogP contribution is 2.68. The molecule has 0 amide bonds. The molecule has 0 aromatic rings. The van der Waals surface area contributed by atoms with Gasteiger partial charge in [0.2, 0.25) is 0 Å². The van der Waals surface area contributed by atoms with Crippen molar-refractivity contribution in [1.29, 1.82) is 0 Å². The van der Waals surface area contributed by atoms with Crippen molar-refractivity contribution in [2.45, 2.75) is 98.0 Å². The van der Waals surface area contributed by atoms with Gasteiger partial charge < -0.3 is 10.2 Å². The summed E-state index contributed by atoms with van der Waals surface area (Å²) in [4.78, 5) is 5.99. The molecular weight excluding hydrogens is 344 g/mol. The molecule has 5 rings (SSSR count). The summed E-state index contributed by atoms with van der Waals surface area (Å²) in [5.41, 5.74) is 2.71. The van der Waals surface area contributed by atoms with Crippen LogP contribution in [0.15, 0.2) is 5.16 Å². The lowest BCUT2D eigenvalue weighted by molar-refractivity contribution is -0.117. The van der Waals surface area contributed by atoms with Crippen molar-refractivity contribution in [1.82, 2.24) is 5.32 Å². The molecule has 7 atom stereocenters. The molecule has 0 spiro atoms. The molecule has 0 radical (unpaired) electrons. The zero-order chi connectivity index (χ0) is 19.6. The molecule has 4 saturated carbocycles. The third-order valence-electron chi connectivity index (χ3n) is 10.5. The smallest absolute Gasteiger partial charge is 0.141 e. The molecule has 0 aromatic carbocycles. The van der Waals surface area contributed by atoms with Crippen LogP contribution < -0.4 is 5.32 Å². The fourth-order valence-corrected chi connectivity index (χ4v) is 8.92. The van der Waals surface area contributed by atoms with Crippen molar-refractivity contribution in [3.05, 3.63) is 0 Å². The molecule has 5 aliphatic rings. The third kappa shape index (κ3) is 2.81. The predicted molar refractivity (Wildman–Crippen MR) is 115 cm³/mol. The molecule has 1 aliphatic heterocycles. The summed E-state index contributed by atoms with van der Waals surface area (Å²) in [6.45, 7) is 12.3. The Morgan fingerprint density at radius 3 is 2.57 bits per heavy atom. The van der Waals surface area contributed by atoms with E-state index in [1.807, 2.05) is 0 Å². The minimum Gasteiger partial charge on any atom is -0.391 e. The van der Waals surface area contributed by atoms with Crippen LogP contribution in [0.3, 0.4) is 0 Å². The quantitative estimate of drug-likeness (QED) is 0.609. The highest BCUT2D eigenvalue weighted by Gasteiger charge is 2.61. The Morgan fingerprint density at radius 1 is 0.929 bits per heavy atom. The monoisotopic (exact) mass is 386 g/mol. The molecule has 3 nitrogen and oxygen atoms in total. The summed E-state index contributed by atoms with van der Waals surface area (Å²) >= 11 is 0. The van der Waals surface area contributed by atoms with Gasteiger partial charge in [0.15, 0.2) is 0 Å². The summed E-state index contributed by atoms with van der Waals surface area (Å²) in [6, 6.07) is 0.